The molecule has 0 heterocycles. The maximum Gasteiger partial charge on any atom is 0.321 e. The van der Waals surface area contributed by atoms with Crippen molar-refractivity contribution in [3.8, 4) is 0 Å². The number of hydrogen-bond donors (Lipinski definition) is 3. The van der Waals surface area contributed by atoms with Gasteiger partial charge < -0.3 is 10.4 Å². The van der Waals surface area contributed by atoms with Crippen molar-refractivity contribution in [2.45, 2.75) is 64.8 Å². The van der Waals surface area contributed by atoms with Crippen LogP contribution in [0.5, 0.6) is 0 Å². The molecule has 1 rings (SSSR count). The first kappa shape index (κ1) is 17.5. The molecule has 0 aromatic rings. The summed E-state index contributed by atoms with van der Waals surface area (Å²) >= 11 is 0. The third-order valence-electron chi connectivity index (χ3n) is 4.07. The van der Waals surface area contributed by atoms with Crippen molar-refractivity contribution >= 4 is 17.9 Å². The number of aliphatic carboxylic acids is 1. The number of carboxylic acid groups (broad SMARTS) is 1. The maximum absolute atomic E-state index is 11.7. The fourth-order valence-electron chi connectivity index (χ4n) is 2.80. The van der Waals surface area contributed by atoms with Gasteiger partial charge in [0.05, 0.1) is 0 Å². The van der Waals surface area contributed by atoms with Crippen LogP contribution in [-0.4, -0.2) is 29.1 Å². The second-order valence-corrected chi connectivity index (χ2v) is 6.05. The van der Waals surface area contributed by atoms with Crippen molar-refractivity contribution in [3.63, 3.8) is 0 Å². The van der Waals surface area contributed by atoms with Gasteiger partial charge in [0.15, 0.2) is 0 Å². The summed E-state index contributed by atoms with van der Waals surface area (Å²) in [6.07, 6.45) is 5.29. The highest BCUT2D eigenvalue weighted by atomic mass is 16.4. The number of carbonyl (C=O) groups is 3. The number of hydrogen-bond acceptors (Lipinski definition) is 3. The minimum atomic E-state index is -0.938. The van der Waals surface area contributed by atoms with Crippen LogP contribution in [0.2, 0.25) is 0 Å². The molecule has 3 amide bonds. The number of carboxylic acids is 1. The molecule has 1 aliphatic rings. The van der Waals surface area contributed by atoms with Crippen molar-refractivity contribution in [1.29, 1.82) is 0 Å². The first-order valence-corrected chi connectivity index (χ1v) is 7.72. The van der Waals surface area contributed by atoms with E-state index in [0.717, 1.165) is 31.6 Å². The number of nitrogens with one attached hydrogen (secondary N) is 2. The summed E-state index contributed by atoms with van der Waals surface area (Å²) in [4.78, 5) is 33.9. The van der Waals surface area contributed by atoms with Crippen LogP contribution in [0.15, 0.2) is 0 Å². The van der Waals surface area contributed by atoms with E-state index in [4.69, 9.17) is 5.11 Å². The Balaban J connectivity index is 2.24. The van der Waals surface area contributed by atoms with E-state index in [0.29, 0.717) is 0 Å². The van der Waals surface area contributed by atoms with Crippen molar-refractivity contribution < 1.29 is 19.5 Å². The molecule has 1 atom stereocenters. The molecular formula is C15H26N2O4. The SMILES string of the molecule is CCC1CCC(NC(=O)NC(=O)CC(C)CC(=O)O)CC1. The Labute approximate surface area is 125 Å². The zero-order valence-corrected chi connectivity index (χ0v) is 12.9. The number of carbonyl (C=O) groups excluding carboxylic acids is 2. The van der Waals surface area contributed by atoms with E-state index < -0.39 is 17.9 Å². The Morgan fingerprint density at radius 2 is 1.76 bits per heavy atom. The molecule has 0 saturated heterocycles. The predicted molar refractivity (Wildman–Crippen MR) is 78.7 cm³/mol. The Hall–Kier alpha value is -1.59. The quantitative estimate of drug-likeness (QED) is 0.701. The normalized spacial score (nSPS) is 23.1. The molecule has 0 aromatic heterocycles. The lowest BCUT2D eigenvalue weighted by Gasteiger charge is -2.28. The zero-order valence-electron chi connectivity index (χ0n) is 12.9. The van der Waals surface area contributed by atoms with Gasteiger partial charge in [0.1, 0.15) is 0 Å². The predicted octanol–water partition coefficient (Wildman–Crippen LogP) is 2.28. The third-order valence-corrected chi connectivity index (χ3v) is 4.07. The molecule has 6 heteroatoms. The Bertz CT molecular complexity index is 376. The van der Waals surface area contributed by atoms with E-state index in [2.05, 4.69) is 17.6 Å². The molecule has 1 saturated carbocycles. The average Bonchev–Trinajstić information content (AvgIpc) is 2.37. The largest absolute Gasteiger partial charge is 0.481 e. The van der Waals surface area contributed by atoms with Crippen molar-refractivity contribution in [2.24, 2.45) is 11.8 Å². The fraction of sp³-hybridized carbons (Fsp3) is 0.800. The van der Waals surface area contributed by atoms with Gasteiger partial charge in [-0.25, -0.2) is 4.79 Å². The zero-order chi connectivity index (χ0) is 15.8. The van der Waals surface area contributed by atoms with Gasteiger partial charge >= 0.3 is 12.0 Å². The second-order valence-electron chi connectivity index (χ2n) is 6.05. The lowest BCUT2D eigenvalue weighted by Crippen LogP contribution is -2.46. The molecule has 6 nitrogen and oxygen atoms in total. The highest BCUT2D eigenvalue weighted by molar-refractivity contribution is 5.94. The molecular weight excluding hydrogens is 272 g/mol. The van der Waals surface area contributed by atoms with Gasteiger partial charge in [-0.3, -0.25) is 14.9 Å². The van der Waals surface area contributed by atoms with E-state index in [1.54, 1.807) is 6.92 Å². The van der Waals surface area contributed by atoms with Gasteiger partial charge in [0, 0.05) is 18.9 Å². The second kappa shape index (κ2) is 8.64. The van der Waals surface area contributed by atoms with Crippen molar-refractivity contribution in [3.05, 3.63) is 0 Å². The van der Waals surface area contributed by atoms with Gasteiger partial charge in [-0.05, 0) is 37.5 Å². The van der Waals surface area contributed by atoms with E-state index in [-0.39, 0.29) is 24.8 Å². The third kappa shape index (κ3) is 7.11. The minimum Gasteiger partial charge on any atom is -0.481 e. The minimum absolute atomic E-state index is 0.0439. The van der Waals surface area contributed by atoms with E-state index in [9.17, 15) is 14.4 Å². The summed E-state index contributed by atoms with van der Waals surface area (Å²) in [6.45, 7) is 3.86. The number of amides is 3. The first-order valence-electron chi connectivity index (χ1n) is 7.72. The molecule has 1 unspecified atom stereocenters. The van der Waals surface area contributed by atoms with Crippen LogP contribution < -0.4 is 10.6 Å². The number of urea groups is 1. The fourth-order valence-corrected chi connectivity index (χ4v) is 2.80. The van der Waals surface area contributed by atoms with Gasteiger partial charge in [-0.2, -0.15) is 0 Å². The molecule has 120 valence electrons. The summed E-state index contributed by atoms with van der Waals surface area (Å²) in [6, 6.07) is -0.334. The van der Waals surface area contributed by atoms with Crippen LogP contribution in [0.4, 0.5) is 4.79 Å². The Kier molecular flexibility index (Phi) is 7.19. The van der Waals surface area contributed by atoms with Crippen LogP contribution >= 0.6 is 0 Å². The Morgan fingerprint density at radius 1 is 1.14 bits per heavy atom. The molecule has 3 N–H and O–H groups in total. The molecule has 1 aliphatic carbocycles. The molecule has 21 heavy (non-hydrogen) atoms. The average molecular weight is 298 g/mol. The van der Waals surface area contributed by atoms with Crippen LogP contribution in [-0.2, 0) is 9.59 Å². The smallest absolute Gasteiger partial charge is 0.321 e. The number of rotatable bonds is 6. The van der Waals surface area contributed by atoms with Crippen LogP contribution in [0.25, 0.3) is 0 Å². The lowest BCUT2D eigenvalue weighted by molar-refractivity contribution is -0.138. The van der Waals surface area contributed by atoms with Gasteiger partial charge in [-0.1, -0.05) is 20.3 Å². The first-order chi connectivity index (χ1) is 9.90. The monoisotopic (exact) mass is 298 g/mol. The summed E-state index contributed by atoms with van der Waals surface area (Å²) in [5.74, 6) is -0.893. The van der Waals surface area contributed by atoms with Gasteiger partial charge in [0.25, 0.3) is 0 Å². The van der Waals surface area contributed by atoms with Crippen LogP contribution in [0.3, 0.4) is 0 Å². The highest BCUT2D eigenvalue weighted by Crippen LogP contribution is 2.26. The summed E-state index contributed by atoms with van der Waals surface area (Å²) in [5.41, 5.74) is 0. The van der Waals surface area contributed by atoms with Gasteiger partial charge in [0.2, 0.25) is 5.91 Å². The number of imide groups is 1. The van der Waals surface area contributed by atoms with E-state index >= 15 is 0 Å². The lowest BCUT2D eigenvalue weighted by atomic mass is 9.85. The Morgan fingerprint density at radius 3 is 2.29 bits per heavy atom. The summed E-state index contributed by atoms with van der Waals surface area (Å²) < 4.78 is 0. The molecule has 0 aliphatic heterocycles. The molecule has 0 radical (unpaired) electrons. The van der Waals surface area contributed by atoms with Crippen LogP contribution in [0.1, 0.15) is 58.8 Å². The van der Waals surface area contributed by atoms with Gasteiger partial charge in [-0.15, -0.1) is 0 Å². The van der Waals surface area contributed by atoms with E-state index in [1.807, 2.05) is 0 Å². The molecule has 0 bridgehead atoms. The standard InChI is InChI=1S/C15H26N2O4/c1-3-11-4-6-12(7-5-11)16-15(21)17-13(18)8-10(2)9-14(19)20/h10-12H,3-9H2,1-2H3,(H,19,20)(H2,16,17,18,21). The maximum atomic E-state index is 11.7. The van der Waals surface area contributed by atoms with Crippen molar-refractivity contribution in [1.82, 2.24) is 10.6 Å². The topological polar surface area (TPSA) is 95.5 Å². The molecule has 0 spiro atoms. The van der Waals surface area contributed by atoms with E-state index in [1.165, 1.54) is 6.42 Å². The summed E-state index contributed by atoms with van der Waals surface area (Å²) in [7, 11) is 0. The summed E-state index contributed by atoms with van der Waals surface area (Å²) in [5, 5.41) is 13.7. The molecule has 0 aromatic carbocycles. The van der Waals surface area contributed by atoms with Crippen molar-refractivity contribution in [2.75, 3.05) is 0 Å². The highest BCUT2D eigenvalue weighted by Gasteiger charge is 2.22. The van der Waals surface area contributed by atoms with Crippen LogP contribution in [0, 0.1) is 11.8 Å². The molecule has 1 fully saturated rings.